The number of benzene rings is 2. The number of hydrogen-bond donors (Lipinski definition) is 0. The molecule has 0 aliphatic heterocycles. The van der Waals surface area contributed by atoms with Gasteiger partial charge in [0.1, 0.15) is 11.5 Å². The molecule has 0 radical (unpaired) electrons. The van der Waals surface area contributed by atoms with Crippen LogP contribution in [0.3, 0.4) is 0 Å². The number of ether oxygens (including phenoxy) is 1. The summed E-state index contributed by atoms with van der Waals surface area (Å²) in [5.74, 6) is 1.79. The quantitative estimate of drug-likeness (QED) is 0.374. The molecular formula is C21H26O2. The van der Waals surface area contributed by atoms with Gasteiger partial charge in [-0.2, -0.15) is 0 Å². The van der Waals surface area contributed by atoms with Gasteiger partial charge in [0, 0.05) is 12.0 Å². The van der Waals surface area contributed by atoms with E-state index in [1.54, 1.807) is 0 Å². The Bertz CT molecular complexity index is 573. The van der Waals surface area contributed by atoms with Crippen LogP contribution in [0.2, 0.25) is 0 Å². The highest BCUT2D eigenvalue weighted by molar-refractivity contribution is 5.96. The summed E-state index contributed by atoms with van der Waals surface area (Å²) in [7, 11) is 0. The molecule has 0 unspecified atom stereocenters. The molecule has 0 aromatic heterocycles. The predicted octanol–water partition coefficient (Wildman–Crippen LogP) is 6.41. The molecule has 0 atom stereocenters. The van der Waals surface area contributed by atoms with Crippen LogP contribution in [-0.4, -0.2) is 5.78 Å². The molecule has 2 nitrogen and oxygen atoms in total. The van der Waals surface area contributed by atoms with Gasteiger partial charge in [0.2, 0.25) is 0 Å². The summed E-state index contributed by atoms with van der Waals surface area (Å²) in [4.78, 5) is 12.2. The molecule has 0 spiro atoms. The minimum absolute atomic E-state index is 0.228. The van der Waals surface area contributed by atoms with E-state index in [4.69, 9.17) is 4.74 Å². The lowest BCUT2D eigenvalue weighted by molar-refractivity contribution is 0.0979. The standard InChI is InChI=1S/C21H26O2/c1-2-3-4-5-6-10-13-21(22)18-14-16-20(17-15-18)23-19-11-8-7-9-12-19/h7-9,11-12,14-17H,2-6,10,13H2,1H3. The fourth-order valence-corrected chi connectivity index (χ4v) is 2.54. The molecule has 0 saturated heterocycles. The number of hydrogen-bond acceptors (Lipinski definition) is 2. The molecule has 122 valence electrons. The Morgan fingerprint density at radius 1 is 0.783 bits per heavy atom. The van der Waals surface area contributed by atoms with Crippen LogP contribution in [-0.2, 0) is 0 Å². The molecule has 2 rings (SSSR count). The molecule has 23 heavy (non-hydrogen) atoms. The van der Waals surface area contributed by atoms with Gasteiger partial charge in [-0.15, -0.1) is 0 Å². The average molecular weight is 310 g/mol. The Hall–Kier alpha value is -2.09. The van der Waals surface area contributed by atoms with Crippen molar-refractivity contribution in [3.63, 3.8) is 0 Å². The molecule has 0 aliphatic rings. The van der Waals surface area contributed by atoms with Gasteiger partial charge in [-0.25, -0.2) is 0 Å². The van der Waals surface area contributed by atoms with Gasteiger partial charge in [0.15, 0.2) is 5.78 Å². The van der Waals surface area contributed by atoms with Crippen molar-refractivity contribution in [1.29, 1.82) is 0 Å². The number of Topliss-reactive ketones (excluding diaryl/α,β-unsaturated/α-hetero) is 1. The van der Waals surface area contributed by atoms with E-state index >= 15 is 0 Å². The van der Waals surface area contributed by atoms with Crippen molar-refractivity contribution in [2.24, 2.45) is 0 Å². The fraction of sp³-hybridized carbons (Fsp3) is 0.381. The van der Waals surface area contributed by atoms with E-state index in [1.165, 1.54) is 25.7 Å². The first-order valence-electron chi connectivity index (χ1n) is 8.66. The van der Waals surface area contributed by atoms with Crippen molar-refractivity contribution in [1.82, 2.24) is 0 Å². The van der Waals surface area contributed by atoms with E-state index in [0.717, 1.165) is 29.9 Å². The predicted molar refractivity (Wildman–Crippen MR) is 95.3 cm³/mol. The largest absolute Gasteiger partial charge is 0.457 e. The highest BCUT2D eigenvalue weighted by Gasteiger charge is 2.06. The maximum atomic E-state index is 12.2. The average Bonchev–Trinajstić information content (AvgIpc) is 2.59. The number of carbonyl (C=O) groups excluding carboxylic acids is 1. The lowest BCUT2D eigenvalue weighted by Gasteiger charge is -2.06. The number of para-hydroxylation sites is 1. The van der Waals surface area contributed by atoms with E-state index in [2.05, 4.69) is 6.92 Å². The maximum absolute atomic E-state index is 12.2. The summed E-state index contributed by atoms with van der Waals surface area (Å²) in [6, 6.07) is 17.1. The molecule has 0 N–H and O–H groups in total. The van der Waals surface area contributed by atoms with Gasteiger partial charge in [0.25, 0.3) is 0 Å². The summed E-state index contributed by atoms with van der Waals surface area (Å²) in [5.41, 5.74) is 0.777. The van der Waals surface area contributed by atoms with E-state index in [0.29, 0.717) is 6.42 Å². The van der Waals surface area contributed by atoms with Gasteiger partial charge in [-0.3, -0.25) is 4.79 Å². The van der Waals surface area contributed by atoms with Crippen molar-refractivity contribution in [2.75, 3.05) is 0 Å². The SMILES string of the molecule is CCCCCCCCC(=O)c1ccc(Oc2ccccc2)cc1. The second-order valence-corrected chi connectivity index (χ2v) is 5.88. The van der Waals surface area contributed by atoms with Crippen molar-refractivity contribution in [2.45, 2.75) is 51.9 Å². The molecular weight excluding hydrogens is 284 g/mol. The number of carbonyl (C=O) groups is 1. The first-order chi connectivity index (χ1) is 11.3. The van der Waals surface area contributed by atoms with Crippen molar-refractivity contribution in [3.05, 3.63) is 60.2 Å². The van der Waals surface area contributed by atoms with Gasteiger partial charge in [-0.05, 0) is 42.8 Å². The third-order valence-electron chi connectivity index (χ3n) is 3.91. The maximum Gasteiger partial charge on any atom is 0.162 e. The second kappa shape index (κ2) is 9.83. The van der Waals surface area contributed by atoms with E-state index in [1.807, 2.05) is 54.6 Å². The van der Waals surface area contributed by atoms with Crippen molar-refractivity contribution >= 4 is 5.78 Å². The first-order valence-corrected chi connectivity index (χ1v) is 8.66. The van der Waals surface area contributed by atoms with Crippen molar-refractivity contribution in [3.8, 4) is 11.5 Å². The summed E-state index contributed by atoms with van der Waals surface area (Å²) in [6.07, 6.45) is 7.88. The Morgan fingerprint density at radius 2 is 1.39 bits per heavy atom. The summed E-state index contributed by atoms with van der Waals surface area (Å²) >= 11 is 0. The molecule has 0 fully saturated rings. The molecule has 0 aliphatic carbocycles. The van der Waals surface area contributed by atoms with Crippen LogP contribution in [0.5, 0.6) is 11.5 Å². The molecule has 0 heterocycles. The minimum atomic E-state index is 0.228. The Kier molecular flexibility index (Phi) is 7.38. The van der Waals surface area contributed by atoms with E-state index < -0.39 is 0 Å². The molecule has 0 amide bonds. The highest BCUT2D eigenvalue weighted by atomic mass is 16.5. The van der Waals surface area contributed by atoms with Gasteiger partial charge in [0.05, 0.1) is 0 Å². The molecule has 2 aromatic rings. The van der Waals surface area contributed by atoms with Crippen LogP contribution in [0.25, 0.3) is 0 Å². The lowest BCUT2D eigenvalue weighted by Crippen LogP contribution is -1.98. The lowest BCUT2D eigenvalue weighted by atomic mass is 10.0. The molecule has 2 heteroatoms. The van der Waals surface area contributed by atoms with Crippen LogP contribution in [0.15, 0.2) is 54.6 Å². The number of ketones is 1. The number of rotatable bonds is 10. The fourth-order valence-electron chi connectivity index (χ4n) is 2.54. The zero-order chi connectivity index (χ0) is 16.3. The van der Waals surface area contributed by atoms with Crippen molar-refractivity contribution < 1.29 is 9.53 Å². The monoisotopic (exact) mass is 310 g/mol. The van der Waals surface area contributed by atoms with Gasteiger partial charge in [-0.1, -0.05) is 57.2 Å². The zero-order valence-electron chi connectivity index (χ0n) is 14.0. The van der Waals surface area contributed by atoms with Crippen LogP contribution in [0.4, 0.5) is 0 Å². The second-order valence-electron chi connectivity index (χ2n) is 5.88. The number of unbranched alkanes of at least 4 members (excludes halogenated alkanes) is 5. The van der Waals surface area contributed by atoms with E-state index in [-0.39, 0.29) is 5.78 Å². The Balaban J connectivity index is 1.76. The molecule has 0 bridgehead atoms. The zero-order valence-corrected chi connectivity index (χ0v) is 14.0. The third kappa shape index (κ3) is 6.27. The van der Waals surface area contributed by atoms with Crippen LogP contribution in [0.1, 0.15) is 62.2 Å². The van der Waals surface area contributed by atoms with E-state index in [9.17, 15) is 4.79 Å². The smallest absolute Gasteiger partial charge is 0.162 e. The third-order valence-corrected chi connectivity index (χ3v) is 3.91. The van der Waals surface area contributed by atoms with Crippen LogP contribution in [0, 0.1) is 0 Å². The molecule has 0 saturated carbocycles. The Morgan fingerprint density at radius 3 is 2.09 bits per heavy atom. The van der Waals surface area contributed by atoms with Gasteiger partial charge >= 0.3 is 0 Å². The molecule has 2 aromatic carbocycles. The first kappa shape index (κ1) is 17.3. The summed E-state index contributed by atoms with van der Waals surface area (Å²) in [6.45, 7) is 2.22. The normalized spacial score (nSPS) is 10.5. The van der Waals surface area contributed by atoms with Gasteiger partial charge < -0.3 is 4.74 Å². The summed E-state index contributed by atoms with van der Waals surface area (Å²) in [5, 5.41) is 0. The van der Waals surface area contributed by atoms with Crippen LogP contribution >= 0.6 is 0 Å². The summed E-state index contributed by atoms with van der Waals surface area (Å²) < 4.78 is 5.74. The van der Waals surface area contributed by atoms with Crippen LogP contribution < -0.4 is 4.74 Å². The minimum Gasteiger partial charge on any atom is -0.457 e. The Labute approximate surface area is 139 Å². The topological polar surface area (TPSA) is 26.3 Å². The highest BCUT2D eigenvalue weighted by Crippen LogP contribution is 2.21.